The normalized spacial score (nSPS) is 12.8. The largest absolute Gasteiger partial charge is 0.496 e. The first kappa shape index (κ1) is 23.1. The summed E-state index contributed by atoms with van der Waals surface area (Å²) in [6, 6.07) is 18.1. The fourth-order valence-electron chi connectivity index (χ4n) is 3.98. The molecule has 3 aromatic rings. The Bertz CT molecular complexity index is 1180. The lowest BCUT2D eigenvalue weighted by Crippen LogP contribution is -2.26. The lowest BCUT2D eigenvalue weighted by molar-refractivity contribution is 0.0950. The van der Waals surface area contributed by atoms with Gasteiger partial charge in [0.1, 0.15) is 11.6 Å². The first-order valence-electron chi connectivity index (χ1n) is 11.2. The van der Waals surface area contributed by atoms with Crippen LogP contribution in [0.15, 0.2) is 66.7 Å². The molecule has 0 unspecified atom stereocenters. The van der Waals surface area contributed by atoms with E-state index in [-0.39, 0.29) is 11.6 Å². The number of rotatable bonds is 7. The molecule has 0 bridgehead atoms. The fourth-order valence-corrected chi connectivity index (χ4v) is 3.98. The number of nitrogens with one attached hydrogen (secondary N) is 3. The van der Waals surface area contributed by atoms with Crippen molar-refractivity contribution in [1.82, 2.24) is 5.32 Å². The summed E-state index contributed by atoms with van der Waals surface area (Å²) in [5.74, 6) is -0.113. The molecule has 0 atom stereocenters. The van der Waals surface area contributed by atoms with Crippen LogP contribution in [0.3, 0.4) is 0 Å². The minimum absolute atomic E-state index is 0.0772. The van der Waals surface area contributed by atoms with Crippen LogP contribution in [-0.2, 0) is 6.54 Å². The van der Waals surface area contributed by atoms with Gasteiger partial charge >= 0.3 is 6.03 Å². The molecule has 3 N–H and O–H groups in total. The predicted molar refractivity (Wildman–Crippen MR) is 131 cm³/mol. The summed E-state index contributed by atoms with van der Waals surface area (Å²) >= 11 is 0. The van der Waals surface area contributed by atoms with Crippen molar-refractivity contribution in [2.45, 2.75) is 19.4 Å². The molecule has 7 nitrogen and oxygen atoms in total. The van der Waals surface area contributed by atoms with Gasteiger partial charge in [0.2, 0.25) is 0 Å². The smallest absolute Gasteiger partial charge is 0.323 e. The average Bonchev–Trinajstić information content (AvgIpc) is 3.39. The molecule has 1 aliphatic heterocycles. The number of nitrogens with zero attached hydrogens (tertiary/aromatic N) is 1. The summed E-state index contributed by atoms with van der Waals surface area (Å²) in [4.78, 5) is 27.7. The van der Waals surface area contributed by atoms with Crippen LogP contribution in [0.25, 0.3) is 0 Å². The van der Waals surface area contributed by atoms with E-state index in [1.54, 1.807) is 31.4 Å². The summed E-state index contributed by atoms with van der Waals surface area (Å²) in [5, 5.41) is 8.21. The molecule has 3 amide bonds. The van der Waals surface area contributed by atoms with Crippen LogP contribution in [-0.4, -0.2) is 32.1 Å². The van der Waals surface area contributed by atoms with Crippen LogP contribution in [0.4, 0.5) is 26.2 Å². The highest BCUT2D eigenvalue weighted by molar-refractivity contribution is 6.04. The number of carbonyl (C=O) groups excluding carboxylic acids is 2. The molecule has 0 aromatic heterocycles. The Morgan fingerprint density at radius 3 is 2.41 bits per heavy atom. The number of methoxy groups -OCH3 is 1. The Hall–Kier alpha value is -4.07. The number of para-hydroxylation sites is 2. The van der Waals surface area contributed by atoms with Gasteiger partial charge in [-0.15, -0.1) is 0 Å². The van der Waals surface area contributed by atoms with Crippen molar-refractivity contribution in [3.63, 3.8) is 0 Å². The van der Waals surface area contributed by atoms with Crippen molar-refractivity contribution in [3.8, 4) is 5.75 Å². The van der Waals surface area contributed by atoms with Crippen molar-refractivity contribution in [2.24, 2.45) is 0 Å². The molecule has 34 heavy (non-hydrogen) atoms. The van der Waals surface area contributed by atoms with E-state index < -0.39 is 11.8 Å². The Labute approximate surface area is 197 Å². The van der Waals surface area contributed by atoms with Crippen LogP contribution in [0, 0.1) is 5.82 Å². The third-order valence-corrected chi connectivity index (χ3v) is 5.71. The highest BCUT2D eigenvalue weighted by atomic mass is 19.1. The highest BCUT2D eigenvalue weighted by Crippen LogP contribution is 2.30. The number of ether oxygens (including phenoxy) is 1. The summed E-state index contributed by atoms with van der Waals surface area (Å²) in [5.41, 5.74) is 2.64. The van der Waals surface area contributed by atoms with Gasteiger partial charge in [0.15, 0.2) is 0 Å². The number of carbonyl (C=O) groups is 2. The number of hydrogen-bond donors (Lipinski definition) is 3. The van der Waals surface area contributed by atoms with E-state index >= 15 is 0 Å². The number of amides is 3. The zero-order chi connectivity index (χ0) is 23.9. The van der Waals surface area contributed by atoms with E-state index in [2.05, 4.69) is 20.9 Å². The van der Waals surface area contributed by atoms with Gasteiger partial charge in [-0.1, -0.05) is 30.3 Å². The minimum atomic E-state index is -0.586. The molecule has 1 aliphatic rings. The molecule has 1 heterocycles. The Balaban J connectivity index is 1.52. The number of benzene rings is 3. The maximum atomic E-state index is 13.9. The van der Waals surface area contributed by atoms with Crippen molar-refractivity contribution in [1.29, 1.82) is 0 Å². The quantitative estimate of drug-likeness (QED) is 0.461. The molecule has 0 saturated carbocycles. The lowest BCUT2D eigenvalue weighted by Gasteiger charge is -2.22. The van der Waals surface area contributed by atoms with Crippen LogP contribution >= 0.6 is 0 Å². The average molecular weight is 463 g/mol. The fraction of sp³-hybridized carbons (Fsp3) is 0.231. The first-order chi connectivity index (χ1) is 16.5. The van der Waals surface area contributed by atoms with E-state index in [9.17, 15) is 14.0 Å². The maximum Gasteiger partial charge on any atom is 0.323 e. The van der Waals surface area contributed by atoms with E-state index in [1.807, 2.05) is 30.3 Å². The number of halogens is 1. The van der Waals surface area contributed by atoms with E-state index in [0.29, 0.717) is 23.5 Å². The van der Waals surface area contributed by atoms with Gasteiger partial charge in [-0.05, 0) is 49.2 Å². The molecular weight excluding hydrogens is 435 g/mol. The molecule has 8 heteroatoms. The molecule has 0 spiro atoms. The standard InChI is InChI=1S/C26H27FN4O3/c1-34-24-11-5-2-8-19(24)17-28-25(32)18-12-13-23(31-14-6-7-15-31)22(16-18)30-26(33)29-21-10-4-3-9-20(21)27/h2-5,8-13,16H,6-7,14-15,17H2,1H3,(H,28,32)(H2,29,30,33). The van der Waals surface area contributed by atoms with Gasteiger partial charge < -0.3 is 25.6 Å². The predicted octanol–water partition coefficient (Wildman–Crippen LogP) is 5.01. The number of hydrogen-bond acceptors (Lipinski definition) is 4. The number of anilines is 3. The molecule has 176 valence electrons. The van der Waals surface area contributed by atoms with Gasteiger partial charge in [0.25, 0.3) is 5.91 Å². The van der Waals surface area contributed by atoms with Crippen LogP contribution in [0.2, 0.25) is 0 Å². The van der Waals surface area contributed by atoms with Crippen LogP contribution in [0.1, 0.15) is 28.8 Å². The molecule has 1 saturated heterocycles. The SMILES string of the molecule is COc1ccccc1CNC(=O)c1ccc(N2CCCC2)c(NC(=O)Nc2ccccc2F)c1. The van der Waals surface area contributed by atoms with Gasteiger partial charge in [0, 0.05) is 30.8 Å². The highest BCUT2D eigenvalue weighted by Gasteiger charge is 2.19. The number of urea groups is 1. The van der Waals surface area contributed by atoms with E-state index in [0.717, 1.165) is 37.2 Å². The molecular formula is C26H27FN4O3. The Morgan fingerprint density at radius 1 is 0.941 bits per heavy atom. The monoisotopic (exact) mass is 462 g/mol. The van der Waals surface area contributed by atoms with Gasteiger partial charge in [-0.2, -0.15) is 0 Å². The summed E-state index contributed by atoms with van der Waals surface area (Å²) in [6.07, 6.45) is 2.12. The summed E-state index contributed by atoms with van der Waals surface area (Å²) < 4.78 is 19.3. The van der Waals surface area contributed by atoms with Gasteiger partial charge in [-0.3, -0.25) is 4.79 Å². The topological polar surface area (TPSA) is 82.7 Å². The second kappa shape index (κ2) is 10.7. The zero-order valence-corrected chi connectivity index (χ0v) is 18.9. The third kappa shape index (κ3) is 5.46. The second-order valence-corrected chi connectivity index (χ2v) is 7.98. The van der Waals surface area contributed by atoms with E-state index in [4.69, 9.17) is 4.74 Å². The van der Waals surface area contributed by atoms with Gasteiger partial charge in [-0.25, -0.2) is 9.18 Å². The van der Waals surface area contributed by atoms with E-state index in [1.165, 1.54) is 12.1 Å². The lowest BCUT2D eigenvalue weighted by atomic mass is 10.1. The first-order valence-corrected chi connectivity index (χ1v) is 11.2. The molecule has 4 rings (SSSR count). The minimum Gasteiger partial charge on any atom is -0.496 e. The van der Waals surface area contributed by atoms with Crippen LogP contribution in [0.5, 0.6) is 5.75 Å². The van der Waals surface area contributed by atoms with Gasteiger partial charge in [0.05, 0.1) is 24.2 Å². The second-order valence-electron chi connectivity index (χ2n) is 7.98. The zero-order valence-electron chi connectivity index (χ0n) is 18.9. The van der Waals surface area contributed by atoms with Crippen molar-refractivity contribution in [3.05, 3.63) is 83.7 Å². The Kier molecular flexibility index (Phi) is 7.27. The Morgan fingerprint density at radius 2 is 1.65 bits per heavy atom. The molecule has 0 radical (unpaired) electrons. The summed E-state index contributed by atoms with van der Waals surface area (Å²) in [6.45, 7) is 2.03. The maximum absolute atomic E-state index is 13.9. The molecule has 1 fully saturated rings. The van der Waals surface area contributed by atoms with Crippen molar-refractivity contribution >= 4 is 29.0 Å². The third-order valence-electron chi connectivity index (χ3n) is 5.71. The van der Waals surface area contributed by atoms with Crippen molar-refractivity contribution < 1.29 is 18.7 Å². The van der Waals surface area contributed by atoms with Crippen LogP contribution < -0.4 is 25.6 Å². The van der Waals surface area contributed by atoms with Crippen molar-refractivity contribution in [2.75, 3.05) is 35.7 Å². The molecule has 3 aromatic carbocycles. The molecule has 0 aliphatic carbocycles. The summed E-state index contributed by atoms with van der Waals surface area (Å²) in [7, 11) is 1.59.